The van der Waals surface area contributed by atoms with Gasteiger partial charge in [-0.3, -0.25) is 4.79 Å². The number of fused-ring (bicyclic) bond motifs is 1. The fourth-order valence-corrected chi connectivity index (χ4v) is 6.74. The Bertz CT molecular complexity index is 1400. The van der Waals surface area contributed by atoms with E-state index in [9.17, 15) is 13.2 Å². The first-order valence-electron chi connectivity index (χ1n) is 12.7. The van der Waals surface area contributed by atoms with E-state index >= 15 is 0 Å². The molecule has 0 saturated heterocycles. The molecule has 1 aliphatic rings. The second-order valence-corrected chi connectivity index (χ2v) is 13.1. The molecule has 0 bridgehead atoms. The molecule has 0 fully saturated rings. The van der Waals surface area contributed by atoms with Crippen LogP contribution >= 0.6 is 11.8 Å². The van der Waals surface area contributed by atoms with Crippen molar-refractivity contribution >= 4 is 27.6 Å². The topological polar surface area (TPSA) is 103 Å². The largest absolute Gasteiger partial charge is 0.494 e. The van der Waals surface area contributed by atoms with E-state index in [0.29, 0.717) is 25.5 Å². The number of aliphatic carboxylic acids is 1. The van der Waals surface area contributed by atoms with Crippen molar-refractivity contribution in [2.24, 2.45) is 0 Å². The average molecular weight is 556 g/mol. The lowest BCUT2D eigenvalue weighted by Gasteiger charge is -2.15. The van der Waals surface area contributed by atoms with Gasteiger partial charge in [0.05, 0.1) is 18.8 Å². The molecule has 2 heterocycles. The maximum absolute atomic E-state index is 11.7. The first-order chi connectivity index (χ1) is 18.1. The fraction of sp³-hybridized carbons (Fsp3) is 0.379. The summed E-state index contributed by atoms with van der Waals surface area (Å²) in [7, 11) is -2.98. The van der Waals surface area contributed by atoms with Crippen LogP contribution in [0.1, 0.15) is 47.9 Å². The molecule has 0 aliphatic carbocycles. The number of carboxylic acid groups (broad SMARTS) is 1. The molecule has 1 aliphatic heterocycles. The molecule has 1 N–H and O–H groups in total. The molecule has 0 amide bonds. The van der Waals surface area contributed by atoms with Crippen molar-refractivity contribution < 1.29 is 27.8 Å². The molecule has 4 rings (SSSR count). The minimum absolute atomic E-state index is 0.00815. The maximum Gasteiger partial charge on any atom is 0.303 e. The van der Waals surface area contributed by atoms with E-state index in [2.05, 4.69) is 17.1 Å². The smallest absolute Gasteiger partial charge is 0.303 e. The van der Waals surface area contributed by atoms with Crippen LogP contribution in [0.5, 0.6) is 11.6 Å². The Kier molecular flexibility index (Phi) is 8.99. The van der Waals surface area contributed by atoms with Crippen LogP contribution in [0.4, 0.5) is 0 Å². The normalized spacial score (nSPS) is 14.8. The molecule has 0 radical (unpaired) electrons. The Morgan fingerprint density at radius 3 is 2.61 bits per heavy atom. The summed E-state index contributed by atoms with van der Waals surface area (Å²) < 4.78 is 35.2. The summed E-state index contributed by atoms with van der Waals surface area (Å²) in [4.78, 5) is 16.5. The molecule has 0 saturated carbocycles. The molecule has 202 valence electrons. The summed E-state index contributed by atoms with van der Waals surface area (Å²) >= 11 is 1.65. The number of carboxylic acids is 1. The summed E-state index contributed by atoms with van der Waals surface area (Å²) in [6, 6.07) is 14.1. The van der Waals surface area contributed by atoms with E-state index < -0.39 is 15.8 Å². The number of thioether (sulfide) groups is 1. The highest BCUT2D eigenvalue weighted by Crippen LogP contribution is 2.42. The SMILES string of the molecule is CCS(=O)(=O)CCCOc1cc(C)c(-c2cccc(COc3cc4c(cn3)[C@H](CC(=O)O)CS4)c2)c(C)c1. The number of pyridine rings is 1. The molecular weight excluding hydrogens is 522 g/mol. The Hall–Kier alpha value is -3.04. The lowest BCUT2D eigenvalue weighted by molar-refractivity contribution is -0.137. The van der Waals surface area contributed by atoms with Gasteiger partial charge in [0.15, 0.2) is 0 Å². The molecule has 2 aromatic carbocycles. The Morgan fingerprint density at radius 1 is 1.13 bits per heavy atom. The van der Waals surface area contributed by atoms with E-state index in [0.717, 1.165) is 49.8 Å². The third kappa shape index (κ3) is 7.08. The van der Waals surface area contributed by atoms with Crippen LogP contribution < -0.4 is 9.47 Å². The summed E-state index contributed by atoms with van der Waals surface area (Å²) in [6.07, 6.45) is 2.33. The summed E-state index contributed by atoms with van der Waals surface area (Å²) in [5.74, 6) is 1.50. The number of sulfone groups is 1. The number of nitrogens with zero attached hydrogens (tertiary/aromatic N) is 1. The number of carbonyl (C=O) groups is 1. The predicted molar refractivity (Wildman–Crippen MR) is 150 cm³/mol. The number of aromatic nitrogens is 1. The number of benzene rings is 2. The van der Waals surface area contributed by atoms with E-state index in [-0.39, 0.29) is 23.8 Å². The lowest BCUT2D eigenvalue weighted by Crippen LogP contribution is -2.11. The van der Waals surface area contributed by atoms with Gasteiger partial charge in [-0.25, -0.2) is 13.4 Å². The Labute approximate surface area is 228 Å². The Morgan fingerprint density at radius 2 is 1.89 bits per heavy atom. The van der Waals surface area contributed by atoms with E-state index in [1.807, 2.05) is 44.2 Å². The van der Waals surface area contributed by atoms with Crippen molar-refractivity contribution in [3.8, 4) is 22.8 Å². The monoisotopic (exact) mass is 555 g/mol. The van der Waals surface area contributed by atoms with Gasteiger partial charge in [0.2, 0.25) is 5.88 Å². The molecule has 3 aromatic rings. The third-order valence-corrected chi connectivity index (χ3v) is 9.61. The zero-order valence-electron chi connectivity index (χ0n) is 21.9. The fourth-order valence-electron chi connectivity index (χ4n) is 4.65. The van der Waals surface area contributed by atoms with Gasteiger partial charge in [0, 0.05) is 34.6 Å². The minimum Gasteiger partial charge on any atom is -0.494 e. The van der Waals surface area contributed by atoms with Crippen molar-refractivity contribution in [3.63, 3.8) is 0 Å². The molecule has 9 heteroatoms. The zero-order valence-corrected chi connectivity index (χ0v) is 23.5. The first-order valence-corrected chi connectivity index (χ1v) is 15.5. The first kappa shape index (κ1) is 28.0. The van der Waals surface area contributed by atoms with Crippen LogP contribution in [-0.2, 0) is 21.2 Å². The third-order valence-electron chi connectivity index (χ3n) is 6.59. The Balaban J connectivity index is 1.40. The van der Waals surface area contributed by atoms with Crippen LogP contribution in [0.2, 0.25) is 0 Å². The number of hydrogen-bond acceptors (Lipinski definition) is 7. The quantitative estimate of drug-likeness (QED) is 0.279. The van der Waals surface area contributed by atoms with Crippen molar-refractivity contribution in [2.75, 3.05) is 23.9 Å². The summed E-state index contributed by atoms with van der Waals surface area (Å²) in [6.45, 7) is 6.47. The van der Waals surface area contributed by atoms with Crippen LogP contribution in [0, 0.1) is 13.8 Å². The minimum atomic E-state index is -2.98. The second-order valence-electron chi connectivity index (χ2n) is 9.53. The van der Waals surface area contributed by atoms with Gasteiger partial charge in [-0.2, -0.15) is 0 Å². The molecular formula is C29H33NO6S2. The molecule has 0 spiro atoms. The average Bonchev–Trinajstić information content (AvgIpc) is 3.26. The van der Waals surface area contributed by atoms with Crippen molar-refractivity contribution in [1.29, 1.82) is 0 Å². The van der Waals surface area contributed by atoms with Crippen LogP contribution in [0.3, 0.4) is 0 Å². The van der Waals surface area contributed by atoms with E-state index in [1.165, 1.54) is 0 Å². The zero-order chi connectivity index (χ0) is 27.3. The van der Waals surface area contributed by atoms with Crippen molar-refractivity contribution in [1.82, 2.24) is 4.98 Å². The highest BCUT2D eigenvalue weighted by atomic mass is 32.2. The molecule has 7 nitrogen and oxygen atoms in total. The number of aryl methyl sites for hydroxylation is 2. The van der Waals surface area contributed by atoms with E-state index in [4.69, 9.17) is 14.6 Å². The molecule has 0 unspecified atom stereocenters. The van der Waals surface area contributed by atoms with Gasteiger partial charge < -0.3 is 14.6 Å². The summed E-state index contributed by atoms with van der Waals surface area (Å²) in [5, 5.41) is 9.11. The standard InChI is InChI=1S/C29H33NO6S2/c1-4-38(33,34)10-6-9-35-24-11-19(2)29(20(3)12-24)22-8-5-7-21(13-22)17-36-27-15-26-25(16-30-27)23(18-37-26)14-28(31)32/h5,7-8,11-13,15-16,23H,4,6,9-10,14,17-18H2,1-3H3,(H,31,32)/t23-/m1/s1. The number of rotatable bonds is 12. The maximum atomic E-state index is 11.7. The highest BCUT2D eigenvalue weighted by molar-refractivity contribution is 7.99. The van der Waals surface area contributed by atoms with Crippen LogP contribution in [-0.4, -0.2) is 48.3 Å². The number of hydrogen-bond donors (Lipinski definition) is 1. The van der Waals surface area contributed by atoms with Gasteiger partial charge >= 0.3 is 5.97 Å². The van der Waals surface area contributed by atoms with Gasteiger partial charge in [-0.1, -0.05) is 25.1 Å². The number of ether oxygens (including phenoxy) is 2. The van der Waals surface area contributed by atoms with E-state index in [1.54, 1.807) is 24.9 Å². The molecule has 38 heavy (non-hydrogen) atoms. The van der Waals surface area contributed by atoms with Gasteiger partial charge in [0.25, 0.3) is 0 Å². The lowest BCUT2D eigenvalue weighted by atomic mass is 9.94. The van der Waals surface area contributed by atoms with Crippen molar-refractivity contribution in [2.45, 2.75) is 51.0 Å². The highest BCUT2D eigenvalue weighted by Gasteiger charge is 2.26. The molecule has 1 aromatic heterocycles. The predicted octanol–water partition coefficient (Wildman–Crippen LogP) is 5.81. The molecule has 1 atom stereocenters. The van der Waals surface area contributed by atoms with Crippen LogP contribution in [0.15, 0.2) is 53.6 Å². The van der Waals surface area contributed by atoms with Gasteiger partial charge in [-0.15, -0.1) is 11.8 Å². The summed E-state index contributed by atoms with van der Waals surface area (Å²) in [5.41, 5.74) is 6.36. The van der Waals surface area contributed by atoms with Crippen LogP contribution in [0.25, 0.3) is 11.1 Å². The van der Waals surface area contributed by atoms with Gasteiger partial charge in [0.1, 0.15) is 22.2 Å². The second kappa shape index (κ2) is 12.2. The van der Waals surface area contributed by atoms with Crippen molar-refractivity contribution in [3.05, 3.63) is 70.9 Å². The van der Waals surface area contributed by atoms with Gasteiger partial charge in [-0.05, 0) is 71.8 Å².